The number of aliphatic hydroxyl groups is 1. The normalized spacial score (nSPS) is 12.4. The number of nitrogens with zero attached hydrogens (tertiary/aromatic N) is 2. The Kier molecular flexibility index (Phi) is 5.02. The lowest BCUT2D eigenvalue weighted by atomic mass is 10.0. The summed E-state index contributed by atoms with van der Waals surface area (Å²) < 4.78 is 7.27. The number of benzene rings is 1. The van der Waals surface area contributed by atoms with Crippen LogP contribution in [0.15, 0.2) is 24.3 Å². The molecule has 0 aliphatic heterocycles. The Bertz CT molecular complexity index is 605. The molecule has 1 atom stereocenters. The van der Waals surface area contributed by atoms with Gasteiger partial charge in [-0.2, -0.15) is 5.10 Å². The van der Waals surface area contributed by atoms with Crippen LogP contribution < -0.4 is 4.74 Å². The molecule has 2 rings (SSSR count). The maximum Gasteiger partial charge on any atom is 0.122 e. The second-order valence-electron chi connectivity index (χ2n) is 5.27. The van der Waals surface area contributed by atoms with Crippen molar-refractivity contribution in [3.8, 4) is 5.75 Å². The van der Waals surface area contributed by atoms with E-state index in [1.165, 1.54) is 0 Å². The molecule has 0 aliphatic carbocycles. The van der Waals surface area contributed by atoms with Gasteiger partial charge in [-0.1, -0.05) is 24.6 Å². The van der Waals surface area contributed by atoms with Crippen molar-refractivity contribution in [1.29, 1.82) is 0 Å². The van der Waals surface area contributed by atoms with Gasteiger partial charge in [0.2, 0.25) is 0 Å². The van der Waals surface area contributed by atoms with Crippen LogP contribution in [0.3, 0.4) is 0 Å². The molecular weight excluding hydrogens is 264 g/mol. The lowest BCUT2D eigenvalue weighted by Crippen LogP contribution is -2.10. The van der Waals surface area contributed by atoms with Crippen LogP contribution in [0.1, 0.15) is 42.5 Å². The van der Waals surface area contributed by atoms with E-state index in [1.807, 2.05) is 36.7 Å². The van der Waals surface area contributed by atoms with Gasteiger partial charge in [0.25, 0.3) is 0 Å². The molecule has 4 nitrogen and oxygen atoms in total. The molecule has 0 fully saturated rings. The number of rotatable bonds is 6. The van der Waals surface area contributed by atoms with E-state index >= 15 is 0 Å². The lowest BCUT2D eigenvalue weighted by Gasteiger charge is -2.15. The number of aromatic nitrogens is 2. The molecule has 0 saturated heterocycles. The van der Waals surface area contributed by atoms with E-state index in [0.717, 1.165) is 41.2 Å². The average Bonchev–Trinajstić information content (AvgIpc) is 2.91. The van der Waals surface area contributed by atoms with Gasteiger partial charge < -0.3 is 9.84 Å². The highest BCUT2D eigenvalue weighted by Crippen LogP contribution is 2.26. The zero-order valence-corrected chi connectivity index (χ0v) is 13.3. The number of ether oxygens (including phenoxy) is 1. The minimum absolute atomic E-state index is 0.527. The summed E-state index contributed by atoms with van der Waals surface area (Å²) in [6, 6.07) is 8.03. The molecule has 1 aromatic carbocycles. The van der Waals surface area contributed by atoms with Crippen LogP contribution >= 0.6 is 0 Å². The van der Waals surface area contributed by atoms with E-state index in [9.17, 15) is 5.11 Å². The van der Waals surface area contributed by atoms with Crippen LogP contribution in [0.4, 0.5) is 0 Å². The number of hydrogen-bond acceptors (Lipinski definition) is 3. The van der Waals surface area contributed by atoms with Crippen molar-refractivity contribution < 1.29 is 9.84 Å². The molecule has 0 saturated carbocycles. The molecule has 1 aromatic heterocycles. The molecule has 1 N–H and O–H groups in total. The van der Waals surface area contributed by atoms with Gasteiger partial charge in [0.05, 0.1) is 24.6 Å². The SMILES string of the molecule is CCc1cc(C(O)Cc2cc(C)ccc2OC)n(CC)n1. The third kappa shape index (κ3) is 3.45. The first-order chi connectivity index (χ1) is 10.1. The van der Waals surface area contributed by atoms with E-state index in [4.69, 9.17) is 4.74 Å². The Morgan fingerprint density at radius 2 is 2.05 bits per heavy atom. The number of aliphatic hydroxyl groups excluding tert-OH is 1. The summed E-state index contributed by atoms with van der Waals surface area (Å²) in [6.45, 7) is 6.91. The molecule has 21 heavy (non-hydrogen) atoms. The fourth-order valence-corrected chi connectivity index (χ4v) is 2.56. The Morgan fingerprint density at radius 1 is 1.29 bits per heavy atom. The Hall–Kier alpha value is -1.81. The van der Waals surface area contributed by atoms with Crippen molar-refractivity contribution in [2.75, 3.05) is 7.11 Å². The van der Waals surface area contributed by atoms with E-state index in [0.29, 0.717) is 6.42 Å². The number of aryl methyl sites for hydroxylation is 3. The summed E-state index contributed by atoms with van der Waals surface area (Å²) in [5, 5.41) is 15.1. The van der Waals surface area contributed by atoms with Gasteiger partial charge in [0.1, 0.15) is 5.75 Å². The quantitative estimate of drug-likeness (QED) is 0.888. The first-order valence-electron chi connectivity index (χ1n) is 7.47. The van der Waals surface area contributed by atoms with Crippen LogP contribution in [0.2, 0.25) is 0 Å². The number of methoxy groups -OCH3 is 1. The topological polar surface area (TPSA) is 47.3 Å². The summed E-state index contributed by atoms with van der Waals surface area (Å²) in [5.74, 6) is 0.818. The summed E-state index contributed by atoms with van der Waals surface area (Å²) in [6.07, 6.45) is 0.827. The van der Waals surface area contributed by atoms with Crippen molar-refractivity contribution in [3.05, 3.63) is 46.8 Å². The van der Waals surface area contributed by atoms with Crippen molar-refractivity contribution in [2.24, 2.45) is 0 Å². The maximum atomic E-state index is 10.6. The van der Waals surface area contributed by atoms with Crippen molar-refractivity contribution in [3.63, 3.8) is 0 Å². The Balaban J connectivity index is 2.27. The second kappa shape index (κ2) is 6.76. The molecule has 0 spiro atoms. The minimum Gasteiger partial charge on any atom is -0.496 e. The molecule has 2 aromatic rings. The highest BCUT2D eigenvalue weighted by atomic mass is 16.5. The highest BCUT2D eigenvalue weighted by Gasteiger charge is 2.17. The zero-order chi connectivity index (χ0) is 15.4. The largest absolute Gasteiger partial charge is 0.496 e. The standard InChI is InChI=1S/C17H24N2O2/c1-5-14-11-15(19(6-2)18-14)16(20)10-13-9-12(3)7-8-17(13)21-4/h7-9,11,16,20H,5-6,10H2,1-4H3. The molecule has 0 amide bonds. The third-order valence-electron chi connectivity index (χ3n) is 3.71. The Morgan fingerprint density at radius 3 is 2.67 bits per heavy atom. The predicted molar refractivity (Wildman–Crippen MR) is 83.7 cm³/mol. The number of hydrogen-bond donors (Lipinski definition) is 1. The van der Waals surface area contributed by atoms with Crippen molar-refractivity contribution >= 4 is 0 Å². The lowest BCUT2D eigenvalue weighted by molar-refractivity contribution is 0.166. The summed E-state index contributed by atoms with van der Waals surface area (Å²) in [4.78, 5) is 0. The van der Waals surface area contributed by atoms with Crippen LogP contribution in [0.5, 0.6) is 5.75 Å². The average molecular weight is 288 g/mol. The molecule has 0 bridgehead atoms. The molecule has 4 heteroatoms. The monoisotopic (exact) mass is 288 g/mol. The smallest absolute Gasteiger partial charge is 0.122 e. The van der Waals surface area contributed by atoms with Crippen LogP contribution in [-0.2, 0) is 19.4 Å². The first-order valence-corrected chi connectivity index (χ1v) is 7.47. The maximum absolute atomic E-state index is 10.6. The highest BCUT2D eigenvalue weighted by molar-refractivity contribution is 5.37. The van der Waals surface area contributed by atoms with Gasteiger partial charge in [-0.15, -0.1) is 0 Å². The van der Waals surface area contributed by atoms with E-state index < -0.39 is 6.10 Å². The van der Waals surface area contributed by atoms with Crippen LogP contribution in [0.25, 0.3) is 0 Å². The fraction of sp³-hybridized carbons (Fsp3) is 0.471. The fourth-order valence-electron chi connectivity index (χ4n) is 2.56. The Labute approximate surface area is 126 Å². The van der Waals surface area contributed by atoms with Gasteiger partial charge in [0, 0.05) is 13.0 Å². The third-order valence-corrected chi connectivity index (χ3v) is 3.71. The molecule has 0 aliphatic rings. The van der Waals surface area contributed by atoms with Crippen molar-refractivity contribution in [1.82, 2.24) is 9.78 Å². The van der Waals surface area contributed by atoms with Gasteiger partial charge in [-0.3, -0.25) is 4.68 Å². The molecule has 114 valence electrons. The van der Waals surface area contributed by atoms with E-state index in [-0.39, 0.29) is 0 Å². The molecule has 1 unspecified atom stereocenters. The van der Waals surface area contributed by atoms with Crippen LogP contribution in [0, 0.1) is 6.92 Å². The molecule has 0 radical (unpaired) electrons. The summed E-state index contributed by atoms with van der Waals surface area (Å²) in [5.41, 5.74) is 4.07. The predicted octanol–water partition coefficient (Wildman–Crippen LogP) is 3.06. The first kappa shape index (κ1) is 15.6. The summed E-state index contributed by atoms with van der Waals surface area (Å²) >= 11 is 0. The molecule has 1 heterocycles. The van der Waals surface area contributed by atoms with E-state index in [1.54, 1.807) is 7.11 Å². The summed E-state index contributed by atoms with van der Waals surface area (Å²) in [7, 11) is 1.66. The molecular formula is C17H24N2O2. The van der Waals surface area contributed by atoms with Gasteiger partial charge in [-0.05, 0) is 38.0 Å². The van der Waals surface area contributed by atoms with Gasteiger partial charge >= 0.3 is 0 Å². The van der Waals surface area contributed by atoms with Gasteiger partial charge in [0.15, 0.2) is 0 Å². The zero-order valence-electron chi connectivity index (χ0n) is 13.3. The second-order valence-corrected chi connectivity index (χ2v) is 5.27. The van der Waals surface area contributed by atoms with E-state index in [2.05, 4.69) is 18.1 Å². The minimum atomic E-state index is -0.576. The van der Waals surface area contributed by atoms with Crippen molar-refractivity contribution in [2.45, 2.75) is 46.3 Å². The van der Waals surface area contributed by atoms with Crippen LogP contribution in [-0.4, -0.2) is 22.0 Å². The van der Waals surface area contributed by atoms with Gasteiger partial charge in [-0.25, -0.2) is 0 Å².